The third-order valence-corrected chi connectivity index (χ3v) is 2.84. The lowest BCUT2D eigenvalue weighted by atomic mass is 10.1. The van der Waals surface area contributed by atoms with Crippen molar-refractivity contribution in [3.05, 3.63) is 57.8 Å². The first kappa shape index (κ1) is 14.4. The molecule has 7 heteroatoms. The van der Waals surface area contributed by atoms with Crippen LogP contribution in [0.5, 0.6) is 11.6 Å². The second-order valence-electron chi connectivity index (χ2n) is 4.29. The van der Waals surface area contributed by atoms with Crippen LogP contribution < -0.4 is 10.5 Å². The highest BCUT2D eigenvalue weighted by molar-refractivity contribution is 5.93. The summed E-state index contributed by atoms with van der Waals surface area (Å²) in [5.74, 6) is 0.0525. The van der Waals surface area contributed by atoms with Crippen LogP contribution in [0, 0.1) is 15.5 Å². The molecule has 1 aromatic heterocycles. The fourth-order valence-electron chi connectivity index (χ4n) is 1.75. The summed E-state index contributed by atoms with van der Waals surface area (Å²) in [5.41, 5.74) is 6.33. The lowest BCUT2D eigenvalue weighted by Gasteiger charge is -2.07. The first-order valence-electron chi connectivity index (χ1n) is 6.28. The number of pyridine rings is 1. The maximum absolute atomic E-state index is 11.1. The number of nitro benzene ring substituents is 1. The number of nitrogens with two attached hydrogens (primary N) is 1. The van der Waals surface area contributed by atoms with Gasteiger partial charge in [0, 0.05) is 12.1 Å². The van der Waals surface area contributed by atoms with Crippen LogP contribution in [0.1, 0.15) is 18.2 Å². The predicted molar refractivity (Wildman–Crippen MR) is 77.8 cm³/mol. The second kappa shape index (κ2) is 6.00. The maximum atomic E-state index is 11.1. The van der Waals surface area contributed by atoms with Crippen molar-refractivity contribution in [1.29, 1.82) is 5.41 Å². The van der Waals surface area contributed by atoms with Crippen LogP contribution in [0.3, 0.4) is 0 Å². The van der Waals surface area contributed by atoms with E-state index >= 15 is 0 Å². The summed E-state index contributed by atoms with van der Waals surface area (Å²) < 4.78 is 5.46. The predicted octanol–water partition coefficient (Wildman–Crippen LogP) is 2.63. The summed E-state index contributed by atoms with van der Waals surface area (Å²) in [4.78, 5) is 14.6. The van der Waals surface area contributed by atoms with Crippen molar-refractivity contribution < 1.29 is 9.66 Å². The van der Waals surface area contributed by atoms with Crippen LogP contribution in [0.4, 0.5) is 5.69 Å². The number of nitrogens with one attached hydrogen (secondary N) is 1. The normalized spacial score (nSPS) is 10.1. The van der Waals surface area contributed by atoms with Gasteiger partial charge in [-0.25, -0.2) is 4.98 Å². The number of hydrogen-bond acceptors (Lipinski definition) is 5. The minimum Gasteiger partial charge on any atom is -0.432 e. The molecule has 0 amide bonds. The van der Waals surface area contributed by atoms with E-state index in [0.717, 1.165) is 5.56 Å². The van der Waals surface area contributed by atoms with Crippen LogP contribution in [0.25, 0.3) is 0 Å². The molecule has 0 atom stereocenters. The minimum absolute atomic E-state index is 0.102. The largest absolute Gasteiger partial charge is 0.432 e. The average molecular weight is 286 g/mol. The van der Waals surface area contributed by atoms with Gasteiger partial charge in [0.05, 0.1) is 4.92 Å². The minimum atomic E-state index is -0.497. The number of benzene rings is 1. The number of nitro groups is 1. The van der Waals surface area contributed by atoms with Gasteiger partial charge in [0.2, 0.25) is 11.6 Å². The van der Waals surface area contributed by atoms with E-state index in [0.29, 0.717) is 6.42 Å². The Balaban J connectivity index is 2.37. The van der Waals surface area contributed by atoms with Gasteiger partial charge in [-0.15, -0.1) is 0 Å². The summed E-state index contributed by atoms with van der Waals surface area (Å²) in [6.45, 7) is 1.91. The molecular formula is C14H14N4O3. The Bertz CT molecular complexity index is 700. The Kier molecular flexibility index (Phi) is 4.13. The quantitative estimate of drug-likeness (QED) is 0.379. The molecular weight excluding hydrogens is 272 g/mol. The van der Waals surface area contributed by atoms with Gasteiger partial charge >= 0.3 is 5.69 Å². The number of hydrogen-bond donors (Lipinski definition) is 2. The van der Waals surface area contributed by atoms with E-state index in [1.54, 1.807) is 30.3 Å². The zero-order valence-corrected chi connectivity index (χ0v) is 11.4. The molecule has 108 valence electrons. The fraction of sp³-hybridized carbons (Fsp3) is 0.143. The van der Waals surface area contributed by atoms with E-state index in [9.17, 15) is 10.1 Å². The van der Waals surface area contributed by atoms with Gasteiger partial charge in [0.1, 0.15) is 11.5 Å². The first-order chi connectivity index (χ1) is 10.0. The van der Waals surface area contributed by atoms with Crippen molar-refractivity contribution in [1.82, 2.24) is 4.98 Å². The lowest BCUT2D eigenvalue weighted by Crippen LogP contribution is -2.13. The highest BCUT2D eigenvalue weighted by Crippen LogP contribution is 2.31. The van der Waals surface area contributed by atoms with E-state index in [4.69, 9.17) is 15.9 Å². The molecule has 7 nitrogen and oxygen atoms in total. The molecule has 0 fully saturated rings. The van der Waals surface area contributed by atoms with Crippen LogP contribution in [-0.4, -0.2) is 15.7 Å². The highest BCUT2D eigenvalue weighted by Gasteiger charge is 2.17. The second-order valence-corrected chi connectivity index (χ2v) is 4.29. The van der Waals surface area contributed by atoms with Gasteiger partial charge in [-0.3, -0.25) is 15.5 Å². The molecule has 0 unspecified atom stereocenters. The summed E-state index contributed by atoms with van der Waals surface area (Å²) in [5, 5.41) is 18.4. The van der Waals surface area contributed by atoms with Gasteiger partial charge < -0.3 is 10.5 Å². The number of aromatic nitrogens is 1. The number of amidine groups is 1. The Hall–Kier alpha value is -2.96. The summed E-state index contributed by atoms with van der Waals surface area (Å²) in [7, 11) is 0. The molecule has 0 saturated heterocycles. The summed E-state index contributed by atoms with van der Waals surface area (Å²) in [6.07, 6.45) is 0.694. The zero-order valence-electron chi connectivity index (χ0n) is 11.4. The van der Waals surface area contributed by atoms with E-state index in [1.807, 2.05) is 6.92 Å². The van der Waals surface area contributed by atoms with Crippen LogP contribution in [0.15, 0.2) is 36.4 Å². The molecule has 2 aromatic rings. The molecule has 2 rings (SSSR count). The molecule has 1 aromatic carbocycles. The van der Waals surface area contributed by atoms with Crippen molar-refractivity contribution in [2.24, 2.45) is 5.73 Å². The number of rotatable bonds is 5. The smallest absolute Gasteiger partial charge is 0.311 e. The van der Waals surface area contributed by atoms with E-state index in [1.165, 1.54) is 6.07 Å². The monoisotopic (exact) mass is 286 g/mol. The van der Waals surface area contributed by atoms with E-state index in [-0.39, 0.29) is 28.8 Å². The molecule has 0 radical (unpaired) electrons. The maximum Gasteiger partial charge on any atom is 0.311 e. The molecule has 0 spiro atoms. The Morgan fingerprint density at radius 3 is 2.81 bits per heavy atom. The molecule has 0 saturated carbocycles. The lowest BCUT2D eigenvalue weighted by molar-refractivity contribution is -0.385. The number of nitrogens with zero attached hydrogens (tertiary/aromatic N) is 2. The van der Waals surface area contributed by atoms with Crippen molar-refractivity contribution in [3.63, 3.8) is 0 Å². The Morgan fingerprint density at radius 1 is 1.43 bits per heavy atom. The molecule has 1 heterocycles. The standard InChI is InChI=1S/C14H14N4O3/c1-2-9-6-7-12(11(8-9)18(19)20)21-13-5-3-4-10(17-13)14(15)16/h3-8H,2H2,1H3,(H3,15,16). The van der Waals surface area contributed by atoms with Crippen molar-refractivity contribution >= 4 is 11.5 Å². The van der Waals surface area contributed by atoms with Crippen molar-refractivity contribution in [3.8, 4) is 11.6 Å². The Morgan fingerprint density at radius 2 is 2.19 bits per heavy atom. The van der Waals surface area contributed by atoms with Crippen LogP contribution >= 0.6 is 0 Å². The van der Waals surface area contributed by atoms with E-state index in [2.05, 4.69) is 4.98 Å². The summed E-state index contributed by atoms with van der Waals surface area (Å²) >= 11 is 0. The molecule has 0 aliphatic carbocycles. The SMILES string of the molecule is CCc1ccc(Oc2cccc(C(=N)N)n2)c([N+](=O)[O-])c1. The van der Waals surface area contributed by atoms with Crippen LogP contribution in [-0.2, 0) is 6.42 Å². The molecule has 3 N–H and O–H groups in total. The Labute approximate surface area is 121 Å². The zero-order chi connectivity index (χ0) is 15.4. The van der Waals surface area contributed by atoms with Crippen LogP contribution in [0.2, 0.25) is 0 Å². The van der Waals surface area contributed by atoms with Gasteiger partial charge in [-0.1, -0.05) is 19.1 Å². The highest BCUT2D eigenvalue weighted by atomic mass is 16.6. The number of aryl methyl sites for hydroxylation is 1. The number of nitrogen functional groups attached to an aromatic ring is 1. The molecule has 0 bridgehead atoms. The molecule has 0 aliphatic heterocycles. The molecule has 21 heavy (non-hydrogen) atoms. The summed E-state index contributed by atoms with van der Waals surface area (Å²) in [6, 6.07) is 9.50. The van der Waals surface area contributed by atoms with E-state index < -0.39 is 4.92 Å². The average Bonchev–Trinajstić information content (AvgIpc) is 2.47. The molecule has 0 aliphatic rings. The van der Waals surface area contributed by atoms with Gasteiger partial charge in [0.15, 0.2) is 0 Å². The van der Waals surface area contributed by atoms with Gasteiger partial charge in [-0.05, 0) is 24.1 Å². The number of ether oxygens (including phenoxy) is 1. The third-order valence-electron chi connectivity index (χ3n) is 2.84. The van der Waals surface area contributed by atoms with Gasteiger partial charge in [-0.2, -0.15) is 0 Å². The van der Waals surface area contributed by atoms with Crippen molar-refractivity contribution in [2.75, 3.05) is 0 Å². The third kappa shape index (κ3) is 3.33. The topological polar surface area (TPSA) is 115 Å². The van der Waals surface area contributed by atoms with Crippen molar-refractivity contribution in [2.45, 2.75) is 13.3 Å². The van der Waals surface area contributed by atoms with Gasteiger partial charge in [0.25, 0.3) is 0 Å². The fourth-order valence-corrected chi connectivity index (χ4v) is 1.75. The first-order valence-corrected chi connectivity index (χ1v) is 6.28.